The monoisotopic (exact) mass is 464 g/mol. The van der Waals surface area contributed by atoms with Gasteiger partial charge in [0.1, 0.15) is 23.4 Å². The van der Waals surface area contributed by atoms with Crippen molar-refractivity contribution in [1.29, 1.82) is 0 Å². The fourth-order valence-electron chi connectivity index (χ4n) is 2.04. The maximum Gasteiger partial charge on any atom is 0.481 e. The Kier molecular flexibility index (Phi) is 5.62. The first-order valence-electron chi connectivity index (χ1n) is 7.79. The number of aromatic nitrogens is 2. The number of nitrogens with one attached hydrogen (secondary N) is 1. The second-order valence-electron chi connectivity index (χ2n) is 5.18. The van der Waals surface area contributed by atoms with Gasteiger partial charge >= 0.3 is 21.3 Å². The molecule has 1 aromatic rings. The van der Waals surface area contributed by atoms with Crippen LogP contribution >= 0.6 is 27.9 Å². The third-order valence-electron chi connectivity index (χ3n) is 3.20. The molecule has 2 heterocycles. The Balaban J connectivity index is 2.45. The third-order valence-corrected chi connectivity index (χ3v) is 5.52. The van der Waals surface area contributed by atoms with Crippen molar-refractivity contribution in [3.8, 4) is 12.3 Å². The number of hydrogen-bond acceptors (Lipinski definition) is 9. The third kappa shape index (κ3) is 5.01. The van der Waals surface area contributed by atoms with E-state index >= 15 is 4.39 Å². The van der Waals surface area contributed by atoms with Crippen LogP contribution in [0.5, 0.6) is 0 Å². The van der Waals surface area contributed by atoms with Crippen molar-refractivity contribution in [2.75, 3.05) is 6.56 Å². The highest BCUT2D eigenvalue weighted by atomic mass is 32.1. The molecule has 0 radical (unpaired) electrons. The Bertz CT molecular complexity index is 1100. The number of rotatable bonds is 6. The van der Waals surface area contributed by atoms with E-state index in [2.05, 4.69) is 24.5 Å². The molecule has 1 aliphatic heterocycles. The van der Waals surface area contributed by atoms with E-state index in [9.17, 15) is 29.0 Å². The molecule has 0 bridgehead atoms. The summed E-state index contributed by atoms with van der Waals surface area (Å²) >= 11 is 4.78. The lowest BCUT2D eigenvalue weighted by molar-refractivity contribution is -0.204. The number of phosphoric acid groups is 2. The zero-order chi connectivity index (χ0) is 23.3. The van der Waals surface area contributed by atoms with Crippen molar-refractivity contribution in [2.24, 2.45) is 0 Å². The highest BCUT2D eigenvalue weighted by molar-refractivity contribution is 7.71. The van der Waals surface area contributed by atoms with Gasteiger partial charge in [-0.3, -0.25) is 14.1 Å². The summed E-state index contributed by atoms with van der Waals surface area (Å²) in [5.41, 5.74) is -1.24. The van der Waals surface area contributed by atoms with Crippen LogP contribution in [0.25, 0.3) is 0 Å². The number of phosphoric ester groups is 1. The van der Waals surface area contributed by atoms with E-state index in [-0.39, 0.29) is 10.2 Å². The maximum absolute atomic E-state index is 15.2. The summed E-state index contributed by atoms with van der Waals surface area (Å²) in [5.74, 6) is -2.07. The number of aromatic amines is 1. The Morgan fingerprint density at radius 1 is 1.50 bits per heavy atom. The standard InChI is InChI=1S/C11H13FN2O11P2S/c1-2-5-3-14(10(17)13-8(5)28)9-6(15)7(16)11(12,24-9)4-23-27(21,22)25-26(18,19)20/h1,3,6-7,9,15-16H,4H2,(H,21,22)(H,13,17,28)(H2,18,19,20)/t6-,7+,9-,11-/m1/s1/i4D2. The number of halogens is 1. The van der Waals surface area contributed by atoms with Gasteiger partial charge < -0.3 is 29.6 Å². The molecule has 1 unspecified atom stereocenters. The Labute approximate surface area is 163 Å². The van der Waals surface area contributed by atoms with E-state index in [0.717, 1.165) is 6.20 Å². The van der Waals surface area contributed by atoms with Gasteiger partial charge in [0.25, 0.3) is 5.85 Å². The number of terminal acetylenes is 1. The van der Waals surface area contributed by atoms with E-state index < -0.39 is 52.2 Å². The molecule has 28 heavy (non-hydrogen) atoms. The van der Waals surface area contributed by atoms with Crippen LogP contribution in [-0.2, 0) is 22.7 Å². The van der Waals surface area contributed by atoms with Gasteiger partial charge in [-0.2, -0.15) is 4.31 Å². The molecule has 156 valence electrons. The van der Waals surface area contributed by atoms with Gasteiger partial charge in [-0.25, -0.2) is 18.3 Å². The predicted octanol–water partition coefficient (Wildman–Crippen LogP) is -0.970. The lowest BCUT2D eigenvalue weighted by Crippen LogP contribution is -2.43. The number of alkyl halides is 1. The number of hydrogen-bond donors (Lipinski definition) is 6. The zero-order valence-corrected chi connectivity index (χ0v) is 15.8. The van der Waals surface area contributed by atoms with Crippen LogP contribution in [0.1, 0.15) is 14.5 Å². The summed E-state index contributed by atoms with van der Waals surface area (Å²) in [5, 5.41) is 20.0. The smallest absolute Gasteiger partial charge is 0.385 e. The van der Waals surface area contributed by atoms with Crippen molar-refractivity contribution in [1.82, 2.24) is 9.55 Å². The minimum Gasteiger partial charge on any atom is -0.385 e. The average molecular weight is 464 g/mol. The average Bonchev–Trinajstić information content (AvgIpc) is 2.77. The van der Waals surface area contributed by atoms with Crippen LogP contribution in [0.3, 0.4) is 0 Å². The van der Waals surface area contributed by atoms with Crippen molar-refractivity contribution >= 4 is 27.9 Å². The minimum atomic E-state index is -5.96. The van der Waals surface area contributed by atoms with Crippen LogP contribution in [0.4, 0.5) is 4.39 Å². The molecular weight excluding hydrogens is 449 g/mol. The summed E-state index contributed by atoms with van der Waals surface area (Å²) in [4.78, 5) is 40.5. The summed E-state index contributed by atoms with van der Waals surface area (Å²) in [6.07, 6.45) is -1.33. The normalized spacial score (nSPS) is 31.5. The highest BCUT2D eigenvalue weighted by Gasteiger charge is 2.57. The molecule has 1 aliphatic rings. The molecule has 6 N–H and O–H groups in total. The lowest BCUT2D eigenvalue weighted by atomic mass is 10.1. The Morgan fingerprint density at radius 3 is 2.64 bits per heavy atom. The van der Waals surface area contributed by atoms with Crippen LogP contribution in [0.15, 0.2) is 11.0 Å². The molecule has 1 aromatic heterocycles. The molecular formula is C11H13FN2O11P2S. The lowest BCUT2D eigenvalue weighted by Gasteiger charge is -2.23. The molecule has 1 fully saturated rings. The first kappa shape index (κ1) is 20.0. The van der Waals surface area contributed by atoms with Gasteiger partial charge in [-0.15, -0.1) is 6.42 Å². The minimum absolute atomic E-state index is 0.125. The van der Waals surface area contributed by atoms with Crippen molar-refractivity contribution in [3.63, 3.8) is 0 Å². The summed E-state index contributed by atoms with van der Waals surface area (Å²) in [6, 6.07) is 0. The number of ether oxygens (including phenoxy) is 1. The number of aliphatic hydroxyl groups excluding tert-OH is 2. The Hall–Kier alpha value is -1.27. The topological polar surface area (TPSA) is 201 Å². The molecule has 0 saturated carbocycles. The van der Waals surface area contributed by atoms with Gasteiger partial charge in [0.2, 0.25) is 0 Å². The van der Waals surface area contributed by atoms with Gasteiger partial charge in [0.05, 0.1) is 8.30 Å². The van der Waals surface area contributed by atoms with Crippen LogP contribution < -0.4 is 5.69 Å². The van der Waals surface area contributed by atoms with Gasteiger partial charge in [0.15, 0.2) is 6.23 Å². The number of aliphatic hydroxyl groups is 2. The maximum atomic E-state index is 15.2. The summed E-state index contributed by atoms with van der Waals surface area (Å²) in [7, 11) is -11.7. The van der Waals surface area contributed by atoms with Gasteiger partial charge in [-0.1, -0.05) is 18.1 Å². The summed E-state index contributed by atoms with van der Waals surface area (Å²) < 4.78 is 64.4. The van der Waals surface area contributed by atoms with E-state index in [1.807, 2.05) is 0 Å². The second-order valence-corrected chi connectivity index (χ2v) is 8.34. The molecule has 0 aromatic carbocycles. The van der Waals surface area contributed by atoms with Gasteiger partial charge in [0, 0.05) is 6.20 Å². The molecule has 17 heteroatoms. The molecule has 0 amide bonds. The highest BCUT2D eigenvalue weighted by Crippen LogP contribution is 2.58. The molecule has 2 rings (SSSR count). The Morgan fingerprint density at radius 2 is 2.11 bits per heavy atom. The number of nitrogens with zero attached hydrogens (tertiary/aromatic N) is 1. The molecule has 0 aliphatic carbocycles. The zero-order valence-electron chi connectivity index (χ0n) is 15.2. The summed E-state index contributed by atoms with van der Waals surface area (Å²) in [6.45, 7) is -4.15. The van der Waals surface area contributed by atoms with Crippen LogP contribution in [-0.4, -0.2) is 59.1 Å². The van der Waals surface area contributed by atoms with E-state index in [1.54, 1.807) is 0 Å². The van der Waals surface area contributed by atoms with Crippen molar-refractivity contribution in [3.05, 3.63) is 26.9 Å². The number of H-pyrrole nitrogens is 1. The second kappa shape index (κ2) is 7.86. The SMILES string of the molecule is [2H]C([2H])(OP(=O)(O)OP(=O)(O)O)[C@@]1(F)O[C@@H](n2cc(C#C)c(=S)[nH]c2=O)[C@H](O)[C@@H]1O. The molecule has 1 saturated heterocycles. The van der Waals surface area contributed by atoms with Crippen LogP contribution in [0, 0.1) is 17.0 Å². The fraction of sp³-hybridized carbons (Fsp3) is 0.455. The van der Waals surface area contributed by atoms with E-state index in [4.69, 9.17) is 31.2 Å². The van der Waals surface area contributed by atoms with E-state index in [1.165, 1.54) is 0 Å². The van der Waals surface area contributed by atoms with Crippen LogP contribution in [0.2, 0.25) is 0 Å². The molecule has 5 atom stereocenters. The van der Waals surface area contributed by atoms with Crippen molar-refractivity contribution < 1.29 is 54.7 Å². The quantitative estimate of drug-likeness (QED) is 0.171. The molecule has 0 spiro atoms. The first-order valence-corrected chi connectivity index (χ1v) is 10.2. The predicted molar refractivity (Wildman–Crippen MR) is 88.7 cm³/mol. The largest absolute Gasteiger partial charge is 0.481 e. The molecule has 13 nitrogen and oxygen atoms in total. The first-order chi connectivity index (χ1) is 13.4. The van der Waals surface area contributed by atoms with E-state index in [0.29, 0.717) is 4.57 Å². The van der Waals surface area contributed by atoms with Crippen molar-refractivity contribution in [2.45, 2.75) is 24.3 Å². The fourth-order valence-corrected chi connectivity index (χ4v) is 3.69. The van der Waals surface area contributed by atoms with Gasteiger partial charge in [-0.05, 0) is 0 Å².